The number of thioether (sulfide) groups is 1. The van der Waals surface area contributed by atoms with E-state index in [2.05, 4.69) is 10.2 Å². The molecule has 2 rings (SSSR count). The van der Waals surface area contributed by atoms with Crippen molar-refractivity contribution in [2.75, 3.05) is 44.2 Å². The summed E-state index contributed by atoms with van der Waals surface area (Å²) in [5.41, 5.74) is 6.53. The van der Waals surface area contributed by atoms with Gasteiger partial charge in [0.25, 0.3) is 0 Å². The Kier molecular flexibility index (Phi) is 4.98. The lowest BCUT2D eigenvalue weighted by Gasteiger charge is -2.26. The molecule has 17 heavy (non-hydrogen) atoms. The molecule has 0 saturated carbocycles. The second-order valence-electron chi connectivity index (χ2n) is 4.13. The van der Waals surface area contributed by atoms with Crippen molar-refractivity contribution in [1.29, 1.82) is 0 Å². The molecule has 5 heteroatoms. The Morgan fingerprint density at radius 3 is 2.88 bits per heavy atom. The lowest BCUT2D eigenvalue weighted by Crippen LogP contribution is -2.44. The summed E-state index contributed by atoms with van der Waals surface area (Å²) in [6.45, 7) is 5.60. The molecule has 0 bridgehead atoms. The van der Waals surface area contributed by atoms with Crippen molar-refractivity contribution in [3.8, 4) is 0 Å². The van der Waals surface area contributed by atoms with E-state index < -0.39 is 0 Å². The highest BCUT2D eigenvalue weighted by Gasteiger charge is 2.09. The van der Waals surface area contributed by atoms with Crippen LogP contribution in [0.1, 0.15) is 0 Å². The van der Waals surface area contributed by atoms with E-state index >= 15 is 0 Å². The number of nitrogens with zero attached hydrogens (tertiary/aromatic N) is 1. The van der Waals surface area contributed by atoms with Gasteiger partial charge in [-0.05, 0) is 18.2 Å². The van der Waals surface area contributed by atoms with Gasteiger partial charge in [0.1, 0.15) is 0 Å². The van der Waals surface area contributed by atoms with Crippen molar-refractivity contribution in [2.45, 2.75) is 4.90 Å². The summed E-state index contributed by atoms with van der Waals surface area (Å²) >= 11 is 7.90. The molecule has 3 nitrogen and oxygen atoms in total. The van der Waals surface area contributed by atoms with E-state index in [0.29, 0.717) is 0 Å². The minimum absolute atomic E-state index is 0.777. The highest BCUT2D eigenvalue weighted by molar-refractivity contribution is 7.99. The Balaban J connectivity index is 1.79. The van der Waals surface area contributed by atoms with Gasteiger partial charge in [-0.1, -0.05) is 11.6 Å². The quantitative estimate of drug-likeness (QED) is 0.649. The molecule has 1 aliphatic rings. The first-order valence-electron chi connectivity index (χ1n) is 5.86. The molecule has 1 heterocycles. The first-order valence-corrected chi connectivity index (χ1v) is 7.23. The molecule has 1 aliphatic heterocycles. The Morgan fingerprint density at radius 1 is 1.35 bits per heavy atom. The molecule has 0 aromatic heterocycles. The van der Waals surface area contributed by atoms with Gasteiger partial charge < -0.3 is 11.1 Å². The van der Waals surface area contributed by atoms with Crippen LogP contribution in [-0.2, 0) is 0 Å². The second kappa shape index (κ2) is 6.50. The predicted octanol–water partition coefficient (Wildman–Crippen LogP) is 1.92. The minimum atomic E-state index is 0.777. The van der Waals surface area contributed by atoms with Crippen molar-refractivity contribution < 1.29 is 0 Å². The van der Waals surface area contributed by atoms with Gasteiger partial charge >= 0.3 is 0 Å². The van der Waals surface area contributed by atoms with E-state index in [0.717, 1.165) is 54.1 Å². The van der Waals surface area contributed by atoms with Gasteiger partial charge in [0.05, 0.1) is 5.02 Å². The molecule has 0 spiro atoms. The van der Waals surface area contributed by atoms with Gasteiger partial charge in [-0.15, -0.1) is 11.8 Å². The SMILES string of the molecule is Nc1ccc(Cl)c(SCCN2CCNCC2)c1. The largest absolute Gasteiger partial charge is 0.399 e. The van der Waals surface area contributed by atoms with Crippen molar-refractivity contribution in [3.63, 3.8) is 0 Å². The number of nitrogens with two attached hydrogens (primary N) is 1. The zero-order valence-corrected chi connectivity index (χ0v) is 11.4. The average molecular weight is 272 g/mol. The van der Waals surface area contributed by atoms with Crippen LogP contribution in [0.25, 0.3) is 0 Å². The van der Waals surface area contributed by atoms with Crippen LogP contribution in [0.2, 0.25) is 5.02 Å². The summed E-state index contributed by atoms with van der Waals surface area (Å²) in [5, 5.41) is 4.15. The first-order chi connectivity index (χ1) is 8.25. The summed E-state index contributed by atoms with van der Waals surface area (Å²) in [4.78, 5) is 3.56. The lowest BCUT2D eigenvalue weighted by atomic mass is 10.3. The van der Waals surface area contributed by atoms with Crippen LogP contribution in [0.3, 0.4) is 0 Å². The maximum Gasteiger partial charge on any atom is 0.0543 e. The van der Waals surface area contributed by atoms with Crippen molar-refractivity contribution >= 4 is 29.1 Å². The van der Waals surface area contributed by atoms with Crippen LogP contribution >= 0.6 is 23.4 Å². The normalized spacial score (nSPS) is 17.2. The Hall–Kier alpha value is -0.420. The Labute approximate surface area is 112 Å². The minimum Gasteiger partial charge on any atom is -0.399 e. The topological polar surface area (TPSA) is 41.3 Å². The third kappa shape index (κ3) is 4.07. The number of anilines is 1. The van der Waals surface area contributed by atoms with Crippen molar-refractivity contribution in [3.05, 3.63) is 23.2 Å². The monoisotopic (exact) mass is 271 g/mol. The molecule has 1 fully saturated rings. The lowest BCUT2D eigenvalue weighted by molar-refractivity contribution is 0.255. The Morgan fingerprint density at radius 2 is 2.12 bits per heavy atom. The van der Waals surface area contributed by atoms with Crippen LogP contribution in [-0.4, -0.2) is 43.4 Å². The summed E-state index contributed by atoms with van der Waals surface area (Å²) in [6.07, 6.45) is 0. The number of benzene rings is 1. The van der Waals surface area contributed by atoms with E-state index in [1.54, 1.807) is 11.8 Å². The van der Waals surface area contributed by atoms with Gasteiger partial charge in [-0.2, -0.15) is 0 Å². The van der Waals surface area contributed by atoms with Crippen LogP contribution in [0.5, 0.6) is 0 Å². The molecule has 3 N–H and O–H groups in total. The maximum atomic E-state index is 6.12. The van der Waals surface area contributed by atoms with Gasteiger partial charge in [0.15, 0.2) is 0 Å². The number of piperazine rings is 1. The van der Waals surface area contributed by atoms with Crippen LogP contribution in [0, 0.1) is 0 Å². The van der Waals surface area contributed by atoms with E-state index in [4.69, 9.17) is 17.3 Å². The highest BCUT2D eigenvalue weighted by atomic mass is 35.5. The number of nitrogen functional groups attached to an aromatic ring is 1. The number of nitrogens with one attached hydrogen (secondary N) is 1. The number of hydrogen-bond donors (Lipinski definition) is 2. The summed E-state index contributed by atoms with van der Waals surface area (Å²) < 4.78 is 0. The molecule has 1 aromatic carbocycles. The number of halogens is 1. The van der Waals surface area contributed by atoms with Gasteiger partial charge in [0, 0.05) is 49.1 Å². The maximum absolute atomic E-state index is 6.12. The smallest absolute Gasteiger partial charge is 0.0543 e. The fraction of sp³-hybridized carbons (Fsp3) is 0.500. The van der Waals surface area contributed by atoms with Crippen LogP contribution in [0.15, 0.2) is 23.1 Å². The zero-order chi connectivity index (χ0) is 12.1. The molecule has 1 saturated heterocycles. The molecule has 0 radical (unpaired) electrons. The summed E-state index contributed by atoms with van der Waals surface area (Å²) in [6, 6.07) is 5.65. The number of rotatable bonds is 4. The predicted molar refractivity (Wildman–Crippen MR) is 75.9 cm³/mol. The third-order valence-electron chi connectivity index (χ3n) is 2.83. The third-order valence-corrected chi connectivity index (χ3v) is 4.31. The average Bonchev–Trinajstić information content (AvgIpc) is 2.35. The molecular weight excluding hydrogens is 254 g/mol. The number of hydrogen-bond acceptors (Lipinski definition) is 4. The summed E-state index contributed by atoms with van der Waals surface area (Å²) in [5.74, 6) is 1.06. The van der Waals surface area contributed by atoms with E-state index in [-0.39, 0.29) is 0 Å². The highest BCUT2D eigenvalue weighted by Crippen LogP contribution is 2.28. The second-order valence-corrected chi connectivity index (χ2v) is 5.67. The molecular formula is C12H18ClN3S. The first kappa shape index (κ1) is 13.0. The molecule has 94 valence electrons. The van der Waals surface area contributed by atoms with E-state index in [1.165, 1.54) is 0 Å². The van der Waals surface area contributed by atoms with Gasteiger partial charge in [0.2, 0.25) is 0 Å². The molecule has 0 amide bonds. The van der Waals surface area contributed by atoms with Crippen LogP contribution < -0.4 is 11.1 Å². The molecule has 0 atom stereocenters. The molecule has 1 aromatic rings. The molecule has 0 aliphatic carbocycles. The fourth-order valence-electron chi connectivity index (χ4n) is 1.85. The van der Waals surface area contributed by atoms with E-state index in [9.17, 15) is 0 Å². The standard InChI is InChI=1S/C12H18ClN3S/c13-11-2-1-10(14)9-12(11)17-8-7-16-5-3-15-4-6-16/h1-2,9,15H,3-8,14H2. The van der Waals surface area contributed by atoms with Gasteiger partial charge in [-0.3, -0.25) is 4.90 Å². The zero-order valence-electron chi connectivity index (χ0n) is 9.79. The summed E-state index contributed by atoms with van der Waals surface area (Å²) in [7, 11) is 0. The van der Waals surface area contributed by atoms with E-state index in [1.807, 2.05) is 18.2 Å². The Bertz CT molecular complexity index is 367. The van der Waals surface area contributed by atoms with Crippen molar-refractivity contribution in [2.24, 2.45) is 0 Å². The fourth-order valence-corrected chi connectivity index (χ4v) is 3.13. The van der Waals surface area contributed by atoms with Gasteiger partial charge in [-0.25, -0.2) is 0 Å². The van der Waals surface area contributed by atoms with Crippen molar-refractivity contribution in [1.82, 2.24) is 10.2 Å². The van der Waals surface area contributed by atoms with Crippen LogP contribution in [0.4, 0.5) is 5.69 Å². The molecule has 0 unspecified atom stereocenters.